The molecule has 0 unspecified atom stereocenters. The SMILES string of the molecule is Cc1ccccc1CNC(=O)c1cc(N)cn1C. The Labute approximate surface area is 106 Å². The number of nitrogen functional groups attached to an aromatic ring is 1. The average molecular weight is 243 g/mol. The van der Waals surface area contributed by atoms with Gasteiger partial charge in [-0.15, -0.1) is 0 Å². The Morgan fingerprint density at radius 1 is 1.39 bits per heavy atom. The minimum absolute atomic E-state index is 0.113. The van der Waals surface area contributed by atoms with E-state index in [0.717, 1.165) is 5.56 Å². The summed E-state index contributed by atoms with van der Waals surface area (Å²) in [7, 11) is 1.80. The van der Waals surface area contributed by atoms with Crippen molar-refractivity contribution in [1.29, 1.82) is 0 Å². The topological polar surface area (TPSA) is 60.1 Å². The minimum Gasteiger partial charge on any atom is -0.397 e. The van der Waals surface area contributed by atoms with Gasteiger partial charge in [0.15, 0.2) is 0 Å². The van der Waals surface area contributed by atoms with Crippen molar-refractivity contribution < 1.29 is 4.79 Å². The van der Waals surface area contributed by atoms with Gasteiger partial charge in [0.1, 0.15) is 5.69 Å². The third kappa shape index (κ3) is 2.53. The first-order valence-corrected chi connectivity index (χ1v) is 5.82. The summed E-state index contributed by atoms with van der Waals surface area (Å²) in [6, 6.07) is 9.66. The molecule has 0 aliphatic rings. The maximum absolute atomic E-state index is 12.0. The molecule has 3 N–H and O–H groups in total. The van der Waals surface area contributed by atoms with E-state index in [0.29, 0.717) is 17.9 Å². The van der Waals surface area contributed by atoms with Crippen LogP contribution < -0.4 is 11.1 Å². The summed E-state index contributed by atoms with van der Waals surface area (Å²) >= 11 is 0. The summed E-state index contributed by atoms with van der Waals surface area (Å²) in [5.74, 6) is -0.113. The second-order valence-electron chi connectivity index (χ2n) is 4.38. The van der Waals surface area contributed by atoms with Gasteiger partial charge < -0.3 is 15.6 Å². The number of aryl methyl sites for hydroxylation is 2. The van der Waals surface area contributed by atoms with Crippen LogP contribution in [0.4, 0.5) is 5.69 Å². The summed E-state index contributed by atoms with van der Waals surface area (Å²) in [5, 5.41) is 2.89. The van der Waals surface area contributed by atoms with E-state index in [-0.39, 0.29) is 5.91 Å². The number of carbonyl (C=O) groups is 1. The van der Waals surface area contributed by atoms with Crippen molar-refractivity contribution in [1.82, 2.24) is 9.88 Å². The molecule has 0 fully saturated rings. The van der Waals surface area contributed by atoms with Crippen LogP contribution >= 0.6 is 0 Å². The van der Waals surface area contributed by atoms with Crippen molar-refractivity contribution in [3.63, 3.8) is 0 Å². The maximum atomic E-state index is 12.0. The molecule has 2 aromatic rings. The molecule has 0 atom stereocenters. The fourth-order valence-electron chi connectivity index (χ4n) is 1.89. The van der Waals surface area contributed by atoms with Crippen LogP contribution in [-0.4, -0.2) is 10.5 Å². The number of rotatable bonds is 3. The van der Waals surface area contributed by atoms with Gasteiger partial charge in [0.2, 0.25) is 0 Å². The second kappa shape index (κ2) is 4.96. The van der Waals surface area contributed by atoms with Gasteiger partial charge in [-0.25, -0.2) is 0 Å². The van der Waals surface area contributed by atoms with Crippen molar-refractivity contribution in [2.75, 3.05) is 5.73 Å². The second-order valence-corrected chi connectivity index (χ2v) is 4.38. The first kappa shape index (κ1) is 12.2. The number of benzene rings is 1. The van der Waals surface area contributed by atoms with Gasteiger partial charge in [-0.2, -0.15) is 0 Å². The molecule has 2 rings (SSSR count). The first-order chi connectivity index (χ1) is 8.58. The number of nitrogens with zero attached hydrogens (tertiary/aromatic N) is 1. The molecule has 4 heteroatoms. The zero-order valence-electron chi connectivity index (χ0n) is 10.6. The molecule has 0 radical (unpaired) electrons. The lowest BCUT2D eigenvalue weighted by Crippen LogP contribution is -2.25. The number of nitrogens with two attached hydrogens (primary N) is 1. The number of nitrogens with one attached hydrogen (secondary N) is 1. The van der Waals surface area contributed by atoms with Gasteiger partial charge in [0.25, 0.3) is 5.91 Å². The van der Waals surface area contributed by atoms with Gasteiger partial charge >= 0.3 is 0 Å². The zero-order valence-corrected chi connectivity index (χ0v) is 10.6. The summed E-state index contributed by atoms with van der Waals surface area (Å²) in [4.78, 5) is 12.0. The Bertz CT molecular complexity index is 572. The van der Waals surface area contributed by atoms with Crippen LogP contribution in [0.3, 0.4) is 0 Å². The maximum Gasteiger partial charge on any atom is 0.268 e. The van der Waals surface area contributed by atoms with Crippen molar-refractivity contribution in [2.45, 2.75) is 13.5 Å². The summed E-state index contributed by atoms with van der Waals surface area (Å²) in [5.41, 5.74) is 9.10. The van der Waals surface area contributed by atoms with Gasteiger partial charge in [-0.3, -0.25) is 4.79 Å². The number of hydrogen-bond acceptors (Lipinski definition) is 2. The predicted octanol–water partition coefficient (Wildman–Crippen LogP) is 1.85. The predicted molar refractivity (Wildman–Crippen MR) is 72.2 cm³/mol. The molecule has 1 heterocycles. The van der Waals surface area contributed by atoms with E-state index in [1.165, 1.54) is 5.56 Å². The lowest BCUT2D eigenvalue weighted by molar-refractivity contribution is 0.0943. The van der Waals surface area contributed by atoms with Crippen molar-refractivity contribution >= 4 is 11.6 Å². The highest BCUT2D eigenvalue weighted by molar-refractivity contribution is 5.93. The lowest BCUT2D eigenvalue weighted by atomic mass is 10.1. The molecule has 18 heavy (non-hydrogen) atoms. The van der Waals surface area contributed by atoms with Crippen LogP contribution in [-0.2, 0) is 13.6 Å². The van der Waals surface area contributed by atoms with E-state index in [2.05, 4.69) is 5.32 Å². The Morgan fingerprint density at radius 3 is 2.72 bits per heavy atom. The molecular formula is C14H17N3O. The number of aromatic nitrogens is 1. The normalized spacial score (nSPS) is 10.3. The summed E-state index contributed by atoms with van der Waals surface area (Å²) in [6.45, 7) is 2.55. The number of amides is 1. The molecule has 1 amide bonds. The molecule has 0 aliphatic heterocycles. The standard InChI is InChI=1S/C14H17N3O/c1-10-5-3-4-6-11(10)8-16-14(18)13-7-12(15)9-17(13)2/h3-7,9H,8,15H2,1-2H3,(H,16,18). The van der Waals surface area contributed by atoms with Gasteiger partial charge in [-0.1, -0.05) is 24.3 Å². The quantitative estimate of drug-likeness (QED) is 0.864. The van der Waals surface area contributed by atoms with E-state index in [1.807, 2.05) is 31.2 Å². The molecule has 4 nitrogen and oxygen atoms in total. The van der Waals surface area contributed by atoms with E-state index in [1.54, 1.807) is 23.9 Å². The molecule has 94 valence electrons. The van der Waals surface area contributed by atoms with Gasteiger partial charge in [0, 0.05) is 19.8 Å². The van der Waals surface area contributed by atoms with Crippen LogP contribution in [0, 0.1) is 6.92 Å². The van der Waals surface area contributed by atoms with E-state index in [4.69, 9.17) is 5.73 Å². The van der Waals surface area contributed by atoms with E-state index >= 15 is 0 Å². The fourth-order valence-corrected chi connectivity index (χ4v) is 1.89. The smallest absolute Gasteiger partial charge is 0.268 e. The van der Waals surface area contributed by atoms with E-state index in [9.17, 15) is 4.79 Å². The van der Waals surface area contributed by atoms with Crippen LogP contribution in [0.1, 0.15) is 21.6 Å². The van der Waals surface area contributed by atoms with Gasteiger partial charge in [0.05, 0.1) is 5.69 Å². The molecule has 0 aliphatic carbocycles. The average Bonchev–Trinajstić information content (AvgIpc) is 2.67. The third-order valence-electron chi connectivity index (χ3n) is 2.96. The molecule has 0 bridgehead atoms. The van der Waals surface area contributed by atoms with Crippen molar-refractivity contribution in [3.05, 3.63) is 53.3 Å². The highest BCUT2D eigenvalue weighted by atomic mass is 16.1. The largest absolute Gasteiger partial charge is 0.397 e. The molecule has 0 spiro atoms. The summed E-state index contributed by atoms with van der Waals surface area (Å²) < 4.78 is 1.72. The minimum atomic E-state index is -0.113. The number of hydrogen-bond donors (Lipinski definition) is 2. The zero-order chi connectivity index (χ0) is 13.1. The van der Waals surface area contributed by atoms with Gasteiger partial charge in [-0.05, 0) is 24.1 Å². The Kier molecular flexibility index (Phi) is 3.37. The fraction of sp³-hybridized carbons (Fsp3) is 0.214. The van der Waals surface area contributed by atoms with Crippen molar-refractivity contribution in [3.8, 4) is 0 Å². The Balaban J connectivity index is 2.05. The molecule has 1 aromatic carbocycles. The lowest BCUT2D eigenvalue weighted by Gasteiger charge is -2.08. The first-order valence-electron chi connectivity index (χ1n) is 5.82. The number of anilines is 1. The molecule has 1 aromatic heterocycles. The van der Waals surface area contributed by atoms with Crippen molar-refractivity contribution in [2.24, 2.45) is 7.05 Å². The Morgan fingerprint density at radius 2 is 2.11 bits per heavy atom. The van der Waals surface area contributed by atoms with Crippen LogP contribution in [0.25, 0.3) is 0 Å². The molecule has 0 saturated heterocycles. The molecule has 0 saturated carbocycles. The molecular weight excluding hydrogens is 226 g/mol. The van der Waals surface area contributed by atoms with Crippen LogP contribution in [0.2, 0.25) is 0 Å². The highest BCUT2D eigenvalue weighted by Crippen LogP contribution is 2.10. The van der Waals surface area contributed by atoms with E-state index < -0.39 is 0 Å². The van der Waals surface area contributed by atoms with Crippen LogP contribution in [0.15, 0.2) is 36.5 Å². The third-order valence-corrected chi connectivity index (χ3v) is 2.96. The Hall–Kier alpha value is -2.23. The van der Waals surface area contributed by atoms with Crippen LogP contribution in [0.5, 0.6) is 0 Å². The highest BCUT2D eigenvalue weighted by Gasteiger charge is 2.10. The monoisotopic (exact) mass is 243 g/mol. The summed E-state index contributed by atoms with van der Waals surface area (Å²) in [6.07, 6.45) is 1.72. The number of carbonyl (C=O) groups excluding carboxylic acids is 1.